The average molecular weight is 480 g/mol. The van der Waals surface area contributed by atoms with E-state index in [2.05, 4.69) is 26.3 Å². The predicted molar refractivity (Wildman–Crippen MR) is 113 cm³/mol. The van der Waals surface area contributed by atoms with Crippen LogP contribution in [0.2, 0.25) is 5.02 Å². The zero-order valence-corrected chi connectivity index (χ0v) is 17.8. The number of ether oxygens (including phenoxy) is 1. The molecule has 0 saturated carbocycles. The number of nitrogens with zero attached hydrogens (tertiary/aromatic N) is 3. The van der Waals surface area contributed by atoms with Crippen LogP contribution in [0.25, 0.3) is 0 Å². The first-order chi connectivity index (χ1) is 13.8. The summed E-state index contributed by atoms with van der Waals surface area (Å²) in [5, 5.41) is 18.7. The number of nitro groups is 1. The van der Waals surface area contributed by atoms with Crippen LogP contribution in [0.4, 0.5) is 11.4 Å². The molecule has 29 heavy (non-hydrogen) atoms. The average Bonchev–Trinajstić information content (AvgIpc) is 3.05. The highest BCUT2D eigenvalue weighted by molar-refractivity contribution is 9.10. The molecule has 150 valence electrons. The minimum atomic E-state index is -0.554. The van der Waals surface area contributed by atoms with Gasteiger partial charge in [-0.1, -0.05) is 11.6 Å². The van der Waals surface area contributed by atoms with Crippen molar-refractivity contribution in [2.24, 2.45) is 0 Å². The number of carbonyl (C=O) groups excluding carboxylic acids is 1. The van der Waals surface area contributed by atoms with Crippen molar-refractivity contribution in [3.63, 3.8) is 0 Å². The van der Waals surface area contributed by atoms with Crippen LogP contribution in [0.15, 0.2) is 47.1 Å². The molecule has 1 aromatic heterocycles. The normalized spacial score (nSPS) is 10.6. The van der Waals surface area contributed by atoms with Crippen molar-refractivity contribution in [3.05, 3.63) is 73.5 Å². The highest BCUT2D eigenvalue weighted by atomic mass is 79.9. The molecule has 2 aromatic carbocycles. The largest absolute Gasteiger partial charge is 0.457 e. The Balaban J connectivity index is 1.92. The van der Waals surface area contributed by atoms with Gasteiger partial charge in [-0.15, -0.1) is 0 Å². The predicted octanol–water partition coefficient (Wildman–Crippen LogP) is 5.58. The number of hydrogen-bond donors (Lipinski definition) is 1. The maximum absolute atomic E-state index is 12.7. The standard InChI is InChI=1S/C19H16BrClN4O4/c1-3-24-18(16(20)10-22-24)19(26)23-12-7-13(25(27)28)9-15(8-12)29-14-4-5-17(21)11(2)6-14/h4-10H,3H2,1-2H3,(H,23,26). The molecule has 8 nitrogen and oxygen atoms in total. The lowest BCUT2D eigenvalue weighted by molar-refractivity contribution is -0.384. The number of aryl methyl sites for hydroxylation is 2. The Bertz CT molecular complexity index is 1100. The van der Waals surface area contributed by atoms with Crippen LogP contribution in [0.1, 0.15) is 23.0 Å². The van der Waals surface area contributed by atoms with Crippen LogP contribution >= 0.6 is 27.5 Å². The second-order valence-corrected chi connectivity index (χ2v) is 7.36. The lowest BCUT2D eigenvalue weighted by atomic mass is 10.2. The molecule has 0 radical (unpaired) electrons. The van der Waals surface area contributed by atoms with E-state index in [1.807, 2.05) is 13.8 Å². The van der Waals surface area contributed by atoms with Crippen LogP contribution in [-0.4, -0.2) is 20.6 Å². The summed E-state index contributed by atoms with van der Waals surface area (Å²) in [5.74, 6) is 0.223. The minimum Gasteiger partial charge on any atom is -0.457 e. The molecular formula is C19H16BrClN4O4. The highest BCUT2D eigenvalue weighted by Crippen LogP contribution is 2.31. The fraction of sp³-hybridized carbons (Fsp3) is 0.158. The van der Waals surface area contributed by atoms with Gasteiger partial charge in [-0.05, 0) is 53.5 Å². The fourth-order valence-electron chi connectivity index (χ4n) is 2.65. The van der Waals surface area contributed by atoms with Gasteiger partial charge in [-0.25, -0.2) is 0 Å². The van der Waals surface area contributed by atoms with Crippen molar-refractivity contribution in [3.8, 4) is 11.5 Å². The number of carbonyl (C=O) groups is 1. The Morgan fingerprint density at radius 1 is 1.31 bits per heavy atom. The van der Waals surface area contributed by atoms with Gasteiger partial charge in [0.25, 0.3) is 11.6 Å². The van der Waals surface area contributed by atoms with Crippen LogP contribution in [0.5, 0.6) is 11.5 Å². The maximum atomic E-state index is 12.7. The molecule has 1 heterocycles. The zero-order valence-electron chi connectivity index (χ0n) is 15.5. The molecule has 3 rings (SSSR count). The molecule has 0 unspecified atom stereocenters. The molecule has 0 fully saturated rings. The quantitative estimate of drug-likeness (QED) is 0.367. The number of anilines is 1. The summed E-state index contributed by atoms with van der Waals surface area (Å²) >= 11 is 9.31. The SMILES string of the molecule is CCn1ncc(Br)c1C(=O)Nc1cc(Oc2ccc(Cl)c(C)c2)cc([N+](=O)[O-])c1. The van der Waals surface area contributed by atoms with E-state index in [9.17, 15) is 14.9 Å². The number of nitrogens with one attached hydrogen (secondary N) is 1. The Hall–Kier alpha value is -2.91. The van der Waals surface area contributed by atoms with E-state index in [4.69, 9.17) is 16.3 Å². The van der Waals surface area contributed by atoms with Crippen molar-refractivity contribution in [2.75, 3.05) is 5.32 Å². The van der Waals surface area contributed by atoms with Gasteiger partial charge in [0.05, 0.1) is 27.3 Å². The number of hydrogen-bond acceptors (Lipinski definition) is 5. The van der Waals surface area contributed by atoms with E-state index in [-0.39, 0.29) is 17.1 Å². The molecule has 0 spiro atoms. The van der Waals surface area contributed by atoms with Crippen molar-refractivity contribution >= 4 is 44.8 Å². The summed E-state index contributed by atoms with van der Waals surface area (Å²) < 4.78 is 7.79. The van der Waals surface area contributed by atoms with E-state index in [0.29, 0.717) is 27.5 Å². The molecule has 0 saturated heterocycles. The lowest BCUT2D eigenvalue weighted by Gasteiger charge is -2.11. The number of rotatable bonds is 6. The summed E-state index contributed by atoms with van der Waals surface area (Å²) in [6, 6.07) is 9.11. The lowest BCUT2D eigenvalue weighted by Crippen LogP contribution is -2.18. The maximum Gasteiger partial charge on any atom is 0.275 e. The number of non-ortho nitro benzene ring substituents is 1. The van der Waals surface area contributed by atoms with Gasteiger partial charge < -0.3 is 10.1 Å². The smallest absolute Gasteiger partial charge is 0.275 e. The van der Waals surface area contributed by atoms with Gasteiger partial charge in [0.15, 0.2) is 0 Å². The zero-order chi connectivity index (χ0) is 21.1. The Morgan fingerprint density at radius 2 is 2.07 bits per heavy atom. The summed E-state index contributed by atoms with van der Waals surface area (Å²) in [7, 11) is 0. The first-order valence-corrected chi connectivity index (χ1v) is 9.71. The third-order valence-corrected chi connectivity index (χ3v) is 5.04. The Kier molecular flexibility index (Phi) is 6.19. The first-order valence-electron chi connectivity index (χ1n) is 8.54. The number of aromatic nitrogens is 2. The van der Waals surface area contributed by atoms with Gasteiger partial charge >= 0.3 is 0 Å². The van der Waals surface area contributed by atoms with Crippen LogP contribution < -0.4 is 10.1 Å². The number of nitro benzene ring substituents is 1. The summed E-state index contributed by atoms with van der Waals surface area (Å²) in [6.07, 6.45) is 1.52. The monoisotopic (exact) mass is 478 g/mol. The summed E-state index contributed by atoms with van der Waals surface area (Å²) in [4.78, 5) is 23.5. The van der Waals surface area contributed by atoms with Crippen molar-refractivity contribution in [1.29, 1.82) is 0 Å². The minimum absolute atomic E-state index is 0.208. The molecule has 0 bridgehead atoms. The van der Waals surface area contributed by atoms with Crippen molar-refractivity contribution in [2.45, 2.75) is 20.4 Å². The first kappa shape index (κ1) is 20.8. The van der Waals surface area contributed by atoms with E-state index >= 15 is 0 Å². The molecule has 0 aliphatic rings. The molecule has 10 heteroatoms. The third kappa shape index (κ3) is 4.75. The number of benzene rings is 2. The Morgan fingerprint density at radius 3 is 2.72 bits per heavy atom. The molecular weight excluding hydrogens is 464 g/mol. The molecule has 3 aromatic rings. The van der Waals surface area contributed by atoms with E-state index in [1.54, 1.807) is 18.2 Å². The van der Waals surface area contributed by atoms with Crippen LogP contribution in [0.3, 0.4) is 0 Å². The van der Waals surface area contributed by atoms with Crippen LogP contribution in [-0.2, 0) is 6.54 Å². The van der Waals surface area contributed by atoms with E-state index in [0.717, 1.165) is 5.56 Å². The van der Waals surface area contributed by atoms with Gasteiger partial charge in [-0.2, -0.15) is 5.10 Å². The van der Waals surface area contributed by atoms with Crippen molar-refractivity contribution in [1.82, 2.24) is 9.78 Å². The van der Waals surface area contributed by atoms with Crippen LogP contribution in [0, 0.1) is 17.0 Å². The highest BCUT2D eigenvalue weighted by Gasteiger charge is 2.19. The molecule has 0 aliphatic carbocycles. The van der Waals surface area contributed by atoms with E-state index in [1.165, 1.54) is 29.1 Å². The third-order valence-electron chi connectivity index (χ3n) is 4.03. The van der Waals surface area contributed by atoms with Gasteiger partial charge in [-0.3, -0.25) is 19.6 Å². The second kappa shape index (κ2) is 8.62. The molecule has 1 N–H and O–H groups in total. The topological polar surface area (TPSA) is 99.3 Å². The van der Waals surface area contributed by atoms with Gasteiger partial charge in [0, 0.05) is 23.7 Å². The summed E-state index contributed by atoms with van der Waals surface area (Å²) in [6.45, 7) is 4.17. The molecule has 0 atom stereocenters. The van der Waals surface area contributed by atoms with Crippen molar-refractivity contribution < 1.29 is 14.5 Å². The molecule has 0 aliphatic heterocycles. The van der Waals surface area contributed by atoms with Gasteiger partial charge in [0.1, 0.15) is 17.2 Å². The second-order valence-electron chi connectivity index (χ2n) is 6.10. The number of halogens is 2. The Labute approximate surface area is 179 Å². The summed E-state index contributed by atoms with van der Waals surface area (Å²) in [5.41, 5.74) is 1.13. The molecule has 1 amide bonds. The number of amides is 1. The van der Waals surface area contributed by atoms with Gasteiger partial charge in [0.2, 0.25) is 0 Å². The fourth-order valence-corrected chi connectivity index (χ4v) is 3.25. The van der Waals surface area contributed by atoms with E-state index < -0.39 is 10.8 Å².